The van der Waals surface area contributed by atoms with E-state index >= 15 is 0 Å². The van der Waals surface area contributed by atoms with Crippen molar-refractivity contribution in [2.45, 2.75) is 13.2 Å². The minimum absolute atomic E-state index is 0.503. The lowest BCUT2D eigenvalue weighted by Crippen LogP contribution is -2.51. The van der Waals surface area contributed by atoms with E-state index in [0.29, 0.717) is 19.1 Å². The first-order valence-electron chi connectivity index (χ1n) is 9.73. The third-order valence-electron chi connectivity index (χ3n) is 4.91. The highest BCUT2D eigenvalue weighted by Gasteiger charge is 2.19. The number of ether oxygens (including phenoxy) is 1. The Morgan fingerprint density at radius 3 is 2.55 bits per heavy atom. The van der Waals surface area contributed by atoms with Crippen LogP contribution >= 0.6 is 11.3 Å². The van der Waals surface area contributed by atoms with Gasteiger partial charge in [-0.2, -0.15) is 0 Å². The first-order chi connectivity index (χ1) is 14.3. The molecule has 6 nitrogen and oxygen atoms in total. The van der Waals surface area contributed by atoms with Crippen LogP contribution in [0.25, 0.3) is 0 Å². The number of hydrogen-bond acceptors (Lipinski definition) is 5. The Balaban J connectivity index is 1.34. The van der Waals surface area contributed by atoms with Crippen molar-refractivity contribution in [1.29, 1.82) is 0 Å². The van der Waals surface area contributed by atoms with Crippen LogP contribution < -0.4 is 15.4 Å². The molecule has 2 heterocycles. The fraction of sp³-hybridized carbons (Fsp3) is 0.273. The van der Waals surface area contributed by atoms with Crippen LogP contribution in [0.2, 0.25) is 0 Å². The molecule has 1 aliphatic heterocycles. The second-order valence-corrected chi connectivity index (χ2v) is 7.72. The van der Waals surface area contributed by atoms with Gasteiger partial charge in [-0.3, -0.25) is 0 Å². The van der Waals surface area contributed by atoms with Gasteiger partial charge in [-0.15, -0.1) is 11.3 Å². The van der Waals surface area contributed by atoms with Crippen molar-refractivity contribution in [1.82, 2.24) is 9.88 Å². The monoisotopic (exact) mass is 407 g/mol. The highest BCUT2D eigenvalue weighted by Crippen LogP contribution is 2.21. The maximum Gasteiger partial charge on any atom is 0.191 e. The maximum atomic E-state index is 6.28. The van der Waals surface area contributed by atoms with E-state index in [4.69, 9.17) is 10.5 Å². The van der Waals surface area contributed by atoms with Crippen LogP contribution in [0.5, 0.6) is 5.75 Å². The van der Waals surface area contributed by atoms with Crippen LogP contribution in [0.1, 0.15) is 11.1 Å². The molecule has 7 heteroatoms. The Bertz CT molecular complexity index is 921. The molecule has 150 valence electrons. The molecule has 0 aliphatic carbocycles. The zero-order valence-electron chi connectivity index (χ0n) is 16.3. The molecule has 29 heavy (non-hydrogen) atoms. The Morgan fingerprint density at radius 1 is 1.03 bits per heavy atom. The predicted octanol–water partition coefficient (Wildman–Crippen LogP) is 3.36. The third kappa shape index (κ3) is 5.06. The van der Waals surface area contributed by atoms with Gasteiger partial charge in [0.05, 0.1) is 6.54 Å². The lowest BCUT2D eigenvalue weighted by atomic mass is 10.2. The Labute approximate surface area is 175 Å². The van der Waals surface area contributed by atoms with Gasteiger partial charge in [-0.05, 0) is 11.6 Å². The highest BCUT2D eigenvalue weighted by molar-refractivity contribution is 7.13. The van der Waals surface area contributed by atoms with Crippen LogP contribution in [-0.2, 0) is 13.2 Å². The van der Waals surface area contributed by atoms with Gasteiger partial charge >= 0.3 is 0 Å². The van der Waals surface area contributed by atoms with Gasteiger partial charge in [-0.25, -0.2) is 9.98 Å². The smallest absolute Gasteiger partial charge is 0.191 e. The zero-order chi connectivity index (χ0) is 19.9. The molecule has 4 rings (SSSR count). The fourth-order valence-electron chi connectivity index (χ4n) is 3.28. The molecule has 2 N–H and O–H groups in total. The van der Waals surface area contributed by atoms with Crippen molar-refractivity contribution in [3.63, 3.8) is 0 Å². The number of rotatable bonds is 6. The second-order valence-electron chi connectivity index (χ2n) is 6.85. The van der Waals surface area contributed by atoms with Crippen LogP contribution in [0.3, 0.4) is 0 Å². The molecule has 0 radical (unpaired) electrons. The van der Waals surface area contributed by atoms with E-state index in [9.17, 15) is 0 Å². The summed E-state index contributed by atoms with van der Waals surface area (Å²) in [6.45, 7) is 4.54. The number of anilines is 1. The fourth-order valence-corrected chi connectivity index (χ4v) is 3.97. The van der Waals surface area contributed by atoms with Gasteiger partial charge < -0.3 is 20.3 Å². The Morgan fingerprint density at radius 2 is 1.79 bits per heavy atom. The van der Waals surface area contributed by atoms with Crippen molar-refractivity contribution in [2.75, 3.05) is 31.1 Å². The standard InChI is InChI=1S/C22H25N5OS/c23-21(26-11-13-27(14-12-26)22-24-10-15-29-22)25-16-19-8-4-5-9-20(19)28-17-18-6-2-1-3-7-18/h1-10,15H,11-14,16-17H2,(H2,23,25). The number of guanidine groups is 1. The highest BCUT2D eigenvalue weighted by atomic mass is 32.1. The van der Waals surface area contributed by atoms with Crippen LogP contribution in [0.15, 0.2) is 71.2 Å². The number of nitrogens with zero attached hydrogens (tertiary/aromatic N) is 4. The summed E-state index contributed by atoms with van der Waals surface area (Å²) in [4.78, 5) is 13.4. The lowest BCUT2D eigenvalue weighted by Gasteiger charge is -2.35. The van der Waals surface area contributed by atoms with Crippen LogP contribution in [0, 0.1) is 0 Å². The van der Waals surface area contributed by atoms with Crippen molar-refractivity contribution in [2.24, 2.45) is 10.7 Å². The van der Waals surface area contributed by atoms with Crippen molar-refractivity contribution in [3.05, 3.63) is 77.3 Å². The number of hydrogen-bond donors (Lipinski definition) is 1. The van der Waals surface area contributed by atoms with Gasteiger partial charge in [0, 0.05) is 43.3 Å². The average molecular weight is 408 g/mol. The van der Waals surface area contributed by atoms with Crippen molar-refractivity contribution in [3.8, 4) is 5.75 Å². The van der Waals surface area contributed by atoms with E-state index in [1.54, 1.807) is 11.3 Å². The largest absolute Gasteiger partial charge is 0.489 e. The molecule has 0 bridgehead atoms. The summed E-state index contributed by atoms with van der Waals surface area (Å²) in [6, 6.07) is 18.2. The van der Waals surface area contributed by atoms with E-state index in [1.165, 1.54) is 0 Å². The molecule has 0 amide bonds. The molecule has 0 atom stereocenters. The molecule has 0 unspecified atom stereocenters. The summed E-state index contributed by atoms with van der Waals surface area (Å²) in [6.07, 6.45) is 1.85. The normalized spacial score (nSPS) is 14.8. The summed E-state index contributed by atoms with van der Waals surface area (Å²) in [5, 5.41) is 3.08. The number of aliphatic imine (C=N–C) groups is 1. The molecule has 3 aromatic rings. The molecule has 1 fully saturated rings. The quantitative estimate of drug-likeness (QED) is 0.501. The SMILES string of the molecule is NC(=NCc1ccccc1OCc1ccccc1)N1CCN(c2nccs2)CC1. The maximum absolute atomic E-state index is 6.28. The Hall–Kier alpha value is -3.06. The summed E-state index contributed by atoms with van der Waals surface area (Å²) < 4.78 is 6.02. The van der Waals surface area contributed by atoms with E-state index in [-0.39, 0.29) is 0 Å². The number of nitrogens with two attached hydrogens (primary N) is 1. The number of piperazine rings is 1. The van der Waals surface area contributed by atoms with E-state index < -0.39 is 0 Å². The predicted molar refractivity (Wildman–Crippen MR) is 118 cm³/mol. The van der Waals surface area contributed by atoms with Crippen molar-refractivity contribution < 1.29 is 4.74 Å². The van der Waals surface area contributed by atoms with Gasteiger partial charge in [-0.1, -0.05) is 48.5 Å². The zero-order valence-corrected chi connectivity index (χ0v) is 17.1. The molecule has 0 saturated carbocycles. The van der Waals surface area contributed by atoms with E-state index in [0.717, 1.165) is 48.2 Å². The molecule has 1 aromatic heterocycles. The average Bonchev–Trinajstić information content (AvgIpc) is 3.32. The van der Waals surface area contributed by atoms with Gasteiger partial charge in [0.1, 0.15) is 12.4 Å². The summed E-state index contributed by atoms with van der Waals surface area (Å²) in [7, 11) is 0. The Kier molecular flexibility index (Phi) is 6.26. The second kappa shape index (κ2) is 9.43. The number of aromatic nitrogens is 1. The first-order valence-corrected chi connectivity index (χ1v) is 10.6. The molecular weight excluding hydrogens is 382 g/mol. The number of benzene rings is 2. The van der Waals surface area contributed by atoms with E-state index in [2.05, 4.69) is 31.9 Å². The lowest BCUT2D eigenvalue weighted by molar-refractivity contribution is 0.303. The molecule has 1 aliphatic rings. The van der Waals surface area contributed by atoms with Crippen LogP contribution in [0.4, 0.5) is 5.13 Å². The van der Waals surface area contributed by atoms with Gasteiger partial charge in [0.25, 0.3) is 0 Å². The summed E-state index contributed by atoms with van der Waals surface area (Å²) >= 11 is 1.67. The molecule has 0 spiro atoms. The summed E-state index contributed by atoms with van der Waals surface area (Å²) in [5.41, 5.74) is 8.46. The van der Waals surface area contributed by atoms with Crippen molar-refractivity contribution >= 4 is 22.4 Å². The number of thiazole rings is 1. The third-order valence-corrected chi connectivity index (χ3v) is 5.75. The van der Waals surface area contributed by atoms with Gasteiger partial charge in [0.15, 0.2) is 11.1 Å². The van der Waals surface area contributed by atoms with Gasteiger partial charge in [0.2, 0.25) is 0 Å². The minimum atomic E-state index is 0.503. The van der Waals surface area contributed by atoms with E-state index in [1.807, 2.05) is 54.0 Å². The molecule has 2 aromatic carbocycles. The molecule has 1 saturated heterocycles. The molecular formula is C22H25N5OS. The number of para-hydroxylation sites is 1. The van der Waals surface area contributed by atoms with Crippen LogP contribution in [-0.4, -0.2) is 42.0 Å². The first kappa shape index (κ1) is 19.3. The summed E-state index contributed by atoms with van der Waals surface area (Å²) in [5.74, 6) is 1.43. The topological polar surface area (TPSA) is 67.0 Å². The minimum Gasteiger partial charge on any atom is -0.489 e.